The maximum absolute atomic E-state index is 12.1. The molecular weight excluding hydrogens is 591 g/mol. The van der Waals surface area contributed by atoms with E-state index in [1.54, 1.807) is 13.0 Å². The molecule has 0 aliphatic carbocycles. The summed E-state index contributed by atoms with van der Waals surface area (Å²) in [4.78, 5) is 16.3. The highest BCUT2D eigenvalue weighted by Gasteiger charge is 2.18. The summed E-state index contributed by atoms with van der Waals surface area (Å²) in [6, 6.07) is 13.5. The van der Waals surface area contributed by atoms with Crippen LogP contribution in [0.25, 0.3) is 11.3 Å². The molecule has 164 valence electrons. The second-order valence-electron chi connectivity index (χ2n) is 6.51. The highest BCUT2D eigenvalue weighted by atomic mass is 127. The van der Waals surface area contributed by atoms with Crippen LogP contribution < -0.4 is 10.2 Å². The van der Waals surface area contributed by atoms with E-state index < -0.39 is 5.91 Å². The Balaban J connectivity index is 1.60. The molecule has 0 unspecified atom stereocenters. The molecule has 0 aliphatic rings. The molecule has 0 aliphatic heterocycles. The molecule has 0 bridgehead atoms. The summed E-state index contributed by atoms with van der Waals surface area (Å²) in [5.74, 6) is 0.740. The minimum absolute atomic E-state index is 0.0626. The van der Waals surface area contributed by atoms with Crippen molar-refractivity contribution in [1.29, 1.82) is 5.26 Å². The number of furan rings is 1. The summed E-state index contributed by atoms with van der Waals surface area (Å²) < 4.78 is 18.1. The van der Waals surface area contributed by atoms with Crippen LogP contribution in [0.15, 0.2) is 50.4 Å². The maximum atomic E-state index is 12.1. The third kappa shape index (κ3) is 5.93. The molecule has 3 rings (SSSR count). The number of nitriles is 1. The fourth-order valence-corrected chi connectivity index (χ4v) is 3.50. The molecule has 32 heavy (non-hydrogen) atoms. The molecule has 0 spiro atoms. The van der Waals surface area contributed by atoms with Crippen LogP contribution in [0.3, 0.4) is 0 Å². The van der Waals surface area contributed by atoms with Crippen molar-refractivity contribution in [3.8, 4) is 23.3 Å². The number of aryl methyl sites for hydroxylation is 1. The van der Waals surface area contributed by atoms with Gasteiger partial charge >= 0.3 is 0 Å². The average molecular weight is 609 g/mol. The lowest BCUT2D eigenvalue weighted by atomic mass is 10.1. The van der Waals surface area contributed by atoms with E-state index in [-0.39, 0.29) is 24.7 Å². The molecule has 0 fully saturated rings. The third-order valence-electron chi connectivity index (χ3n) is 4.24. The summed E-state index contributed by atoms with van der Waals surface area (Å²) in [6.07, 6.45) is 1.40. The number of halogens is 2. The largest absolute Gasteiger partial charge is 0.467 e. The van der Waals surface area contributed by atoms with Gasteiger partial charge in [0.15, 0.2) is 6.61 Å². The fraction of sp³-hybridized carbons (Fsp3) is 0.182. The molecular formula is C22H18BrIN4O4. The van der Waals surface area contributed by atoms with Crippen LogP contribution in [-0.4, -0.2) is 30.8 Å². The Morgan fingerprint density at radius 3 is 2.78 bits per heavy atom. The first-order valence-corrected chi connectivity index (χ1v) is 11.2. The Morgan fingerprint density at radius 1 is 1.34 bits per heavy atom. The molecule has 0 atom stereocenters. The van der Waals surface area contributed by atoms with Crippen molar-refractivity contribution in [2.75, 3.05) is 13.7 Å². The Morgan fingerprint density at radius 2 is 2.09 bits per heavy atom. The van der Waals surface area contributed by atoms with Crippen molar-refractivity contribution in [3.63, 3.8) is 0 Å². The van der Waals surface area contributed by atoms with E-state index in [1.807, 2.05) is 30.3 Å². The summed E-state index contributed by atoms with van der Waals surface area (Å²) in [6.45, 7) is 1.60. The van der Waals surface area contributed by atoms with Crippen molar-refractivity contribution < 1.29 is 18.7 Å². The van der Waals surface area contributed by atoms with E-state index in [4.69, 9.17) is 13.9 Å². The normalized spacial score (nSPS) is 10.8. The van der Waals surface area contributed by atoms with Crippen LogP contribution in [0.1, 0.15) is 22.6 Å². The van der Waals surface area contributed by atoms with Gasteiger partial charge in [-0.05, 0) is 69.7 Å². The number of hydrogen-bond donors (Lipinski definition) is 1. The number of ether oxygens (including phenoxy) is 2. The van der Waals surface area contributed by atoms with E-state index in [1.165, 1.54) is 13.3 Å². The molecule has 3 aromatic rings. The van der Waals surface area contributed by atoms with Gasteiger partial charge < -0.3 is 13.9 Å². The molecule has 0 saturated carbocycles. The Kier molecular flexibility index (Phi) is 8.38. The smallest absolute Gasteiger partial charge is 0.278 e. The number of pyridine rings is 1. The fourth-order valence-electron chi connectivity index (χ4n) is 2.74. The topological polar surface area (TPSA) is 110 Å². The number of methoxy groups -OCH3 is 1. The van der Waals surface area contributed by atoms with E-state index in [0.717, 1.165) is 9.13 Å². The summed E-state index contributed by atoms with van der Waals surface area (Å²) >= 11 is 5.64. The number of hydrazone groups is 1. The van der Waals surface area contributed by atoms with Crippen LogP contribution in [0.4, 0.5) is 0 Å². The summed E-state index contributed by atoms with van der Waals surface area (Å²) in [7, 11) is 1.53. The van der Waals surface area contributed by atoms with Crippen LogP contribution >= 0.6 is 38.5 Å². The van der Waals surface area contributed by atoms with Crippen LogP contribution in [0, 0.1) is 21.8 Å². The third-order valence-corrected chi connectivity index (χ3v) is 6.02. The zero-order valence-electron chi connectivity index (χ0n) is 17.2. The van der Waals surface area contributed by atoms with Gasteiger partial charge in [-0.3, -0.25) is 4.79 Å². The van der Waals surface area contributed by atoms with Crippen LogP contribution in [-0.2, 0) is 16.1 Å². The number of nitrogens with zero attached hydrogens (tertiary/aromatic N) is 3. The zero-order valence-corrected chi connectivity index (χ0v) is 20.9. The Bertz CT molecular complexity index is 1190. The monoisotopic (exact) mass is 608 g/mol. The highest BCUT2D eigenvalue weighted by Crippen LogP contribution is 2.30. The highest BCUT2D eigenvalue weighted by molar-refractivity contribution is 14.1. The van der Waals surface area contributed by atoms with E-state index in [0.29, 0.717) is 27.3 Å². The lowest BCUT2D eigenvalue weighted by Gasteiger charge is -2.13. The van der Waals surface area contributed by atoms with Crippen molar-refractivity contribution in [1.82, 2.24) is 10.4 Å². The standard InChI is InChI=1S/C22H18BrIN4O4/c1-13-21(23)18(11-30-2)17(9-25)22(27-13)31-12-20(29)28-26-10-16-7-8-19(32-16)14-3-5-15(24)6-4-14/h3-8,10H,11-12H2,1-2H3,(H,28,29)/b26-10+. The van der Waals surface area contributed by atoms with Crippen LogP contribution in [0.5, 0.6) is 5.88 Å². The molecule has 1 aromatic carbocycles. The van der Waals surface area contributed by atoms with Gasteiger partial charge in [0, 0.05) is 26.3 Å². The van der Waals surface area contributed by atoms with Gasteiger partial charge in [0.1, 0.15) is 23.2 Å². The van der Waals surface area contributed by atoms with Gasteiger partial charge in [-0.15, -0.1) is 0 Å². The van der Waals surface area contributed by atoms with Gasteiger partial charge in [0.25, 0.3) is 5.91 Å². The predicted octanol–water partition coefficient (Wildman–Crippen LogP) is 4.56. The van der Waals surface area contributed by atoms with E-state index in [9.17, 15) is 10.1 Å². The maximum Gasteiger partial charge on any atom is 0.278 e. The number of hydrogen-bond acceptors (Lipinski definition) is 7. The molecule has 8 nitrogen and oxygen atoms in total. The number of benzene rings is 1. The molecule has 0 radical (unpaired) electrons. The van der Waals surface area contributed by atoms with Crippen molar-refractivity contribution in [2.45, 2.75) is 13.5 Å². The molecule has 1 N–H and O–H groups in total. The molecule has 2 aromatic heterocycles. The number of nitrogens with one attached hydrogen (secondary N) is 1. The molecule has 1 amide bonds. The number of amides is 1. The van der Waals surface area contributed by atoms with Gasteiger partial charge in [-0.25, -0.2) is 10.4 Å². The Labute approximate surface area is 206 Å². The van der Waals surface area contributed by atoms with Crippen molar-refractivity contribution >= 4 is 50.6 Å². The lowest BCUT2D eigenvalue weighted by Crippen LogP contribution is -2.25. The summed E-state index contributed by atoms with van der Waals surface area (Å²) in [5, 5.41) is 13.4. The number of carbonyl (C=O) groups is 1. The summed E-state index contributed by atoms with van der Waals surface area (Å²) in [5.41, 5.74) is 4.74. The first-order chi connectivity index (χ1) is 15.4. The first-order valence-electron chi connectivity index (χ1n) is 9.31. The average Bonchev–Trinajstić information content (AvgIpc) is 3.25. The molecule has 10 heteroatoms. The van der Waals surface area contributed by atoms with Gasteiger partial charge in [0.2, 0.25) is 5.88 Å². The van der Waals surface area contributed by atoms with Gasteiger partial charge in [-0.2, -0.15) is 10.4 Å². The zero-order chi connectivity index (χ0) is 23.1. The molecule has 0 saturated heterocycles. The quantitative estimate of drug-likeness (QED) is 0.228. The first kappa shape index (κ1) is 23.9. The SMILES string of the molecule is COCc1c(Br)c(C)nc(OCC(=O)N/N=C/c2ccc(-c3ccc(I)cc3)o2)c1C#N. The van der Waals surface area contributed by atoms with Gasteiger partial charge in [0.05, 0.1) is 18.5 Å². The Hall–Kier alpha value is -2.75. The van der Waals surface area contributed by atoms with Crippen molar-refractivity contribution in [3.05, 3.63) is 67.0 Å². The minimum atomic E-state index is -0.509. The van der Waals surface area contributed by atoms with E-state index >= 15 is 0 Å². The number of rotatable bonds is 8. The predicted molar refractivity (Wildman–Crippen MR) is 130 cm³/mol. The molecule has 2 heterocycles. The second-order valence-corrected chi connectivity index (χ2v) is 8.54. The number of carbonyl (C=O) groups excluding carboxylic acids is 1. The van der Waals surface area contributed by atoms with Gasteiger partial charge in [-0.1, -0.05) is 12.1 Å². The lowest BCUT2D eigenvalue weighted by molar-refractivity contribution is -0.123. The second kappa shape index (κ2) is 11.2. The van der Waals surface area contributed by atoms with Crippen LogP contribution in [0.2, 0.25) is 0 Å². The number of aromatic nitrogens is 1. The van der Waals surface area contributed by atoms with E-state index in [2.05, 4.69) is 60.1 Å². The minimum Gasteiger partial charge on any atom is -0.467 e. The van der Waals surface area contributed by atoms with Crippen molar-refractivity contribution in [2.24, 2.45) is 5.10 Å².